The fourth-order valence-corrected chi connectivity index (χ4v) is 3.12. The Balaban J connectivity index is 1.74. The maximum Gasteiger partial charge on any atom is 0.124 e. The van der Waals surface area contributed by atoms with Crippen molar-refractivity contribution in [1.29, 1.82) is 0 Å². The molecule has 2 aromatic rings. The van der Waals surface area contributed by atoms with Crippen molar-refractivity contribution in [2.75, 3.05) is 6.54 Å². The zero-order valence-electron chi connectivity index (χ0n) is 11.4. The molecule has 1 saturated carbocycles. The molecule has 0 radical (unpaired) electrons. The molecule has 0 aliphatic heterocycles. The summed E-state index contributed by atoms with van der Waals surface area (Å²) in [5.41, 5.74) is 7.98. The van der Waals surface area contributed by atoms with E-state index in [9.17, 15) is 0 Å². The number of hydrogen-bond acceptors (Lipinski definition) is 3. The molecule has 0 spiro atoms. The average molecular weight is 258 g/mol. The van der Waals surface area contributed by atoms with E-state index in [4.69, 9.17) is 5.73 Å². The Labute approximate surface area is 113 Å². The lowest BCUT2D eigenvalue weighted by Gasteiger charge is -2.23. The highest BCUT2D eigenvalue weighted by molar-refractivity contribution is 5.74. The van der Waals surface area contributed by atoms with E-state index in [1.54, 1.807) is 0 Å². The second-order valence-electron chi connectivity index (χ2n) is 5.56. The van der Waals surface area contributed by atoms with Crippen LogP contribution in [-0.2, 0) is 0 Å². The lowest BCUT2D eigenvalue weighted by Crippen LogP contribution is -2.37. The van der Waals surface area contributed by atoms with Crippen LogP contribution in [0.1, 0.15) is 38.1 Å². The summed E-state index contributed by atoms with van der Waals surface area (Å²) >= 11 is 0. The van der Waals surface area contributed by atoms with E-state index >= 15 is 0 Å². The molecule has 1 aliphatic carbocycles. The van der Waals surface area contributed by atoms with Crippen LogP contribution >= 0.6 is 0 Å². The number of nitrogens with zero attached hydrogens (tertiary/aromatic N) is 1. The Morgan fingerprint density at radius 2 is 2.26 bits per heavy atom. The van der Waals surface area contributed by atoms with Gasteiger partial charge in [-0.25, -0.2) is 4.98 Å². The van der Waals surface area contributed by atoms with Crippen molar-refractivity contribution in [2.24, 2.45) is 11.7 Å². The molecule has 102 valence electrons. The first-order chi connectivity index (χ1) is 9.28. The normalized spacial score (nSPS) is 24.9. The van der Waals surface area contributed by atoms with E-state index in [0.717, 1.165) is 23.4 Å². The summed E-state index contributed by atoms with van der Waals surface area (Å²) in [5.74, 6) is 1.63. The quantitative estimate of drug-likeness (QED) is 0.788. The number of para-hydroxylation sites is 2. The van der Waals surface area contributed by atoms with Gasteiger partial charge in [0, 0.05) is 6.04 Å². The third kappa shape index (κ3) is 2.51. The van der Waals surface area contributed by atoms with Crippen molar-refractivity contribution in [1.82, 2.24) is 15.3 Å². The Morgan fingerprint density at radius 3 is 3.05 bits per heavy atom. The fraction of sp³-hybridized carbons (Fsp3) is 0.533. The van der Waals surface area contributed by atoms with Crippen LogP contribution < -0.4 is 11.1 Å². The molecule has 0 saturated heterocycles. The second-order valence-corrected chi connectivity index (χ2v) is 5.56. The highest BCUT2D eigenvalue weighted by Gasteiger charge is 2.27. The minimum Gasteiger partial charge on any atom is -0.341 e. The SMILES string of the molecule is CC(NC1CCCC1CN)c1nc2ccccc2[nH]1. The molecule has 3 rings (SSSR count). The number of aromatic amines is 1. The van der Waals surface area contributed by atoms with Crippen LogP contribution in [0.15, 0.2) is 24.3 Å². The fourth-order valence-electron chi connectivity index (χ4n) is 3.12. The van der Waals surface area contributed by atoms with Crippen LogP contribution in [0, 0.1) is 5.92 Å². The molecule has 19 heavy (non-hydrogen) atoms. The van der Waals surface area contributed by atoms with Gasteiger partial charge < -0.3 is 16.0 Å². The largest absolute Gasteiger partial charge is 0.341 e. The summed E-state index contributed by atoms with van der Waals surface area (Å²) in [6.07, 6.45) is 3.76. The number of benzene rings is 1. The molecule has 4 N–H and O–H groups in total. The Bertz CT molecular complexity index is 515. The van der Waals surface area contributed by atoms with E-state index in [0.29, 0.717) is 12.0 Å². The number of nitrogens with one attached hydrogen (secondary N) is 2. The Hall–Kier alpha value is -1.39. The average Bonchev–Trinajstić information content (AvgIpc) is 3.03. The maximum atomic E-state index is 5.84. The van der Waals surface area contributed by atoms with Crippen molar-refractivity contribution in [3.8, 4) is 0 Å². The minimum atomic E-state index is 0.240. The van der Waals surface area contributed by atoms with Gasteiger partial charge in [-0.1, -0.05) is 18.6 Å². The summed E-state index contributed by atoms with van der Waals surface area (Å²) < 4.78 is 0. The number of nitrogens with two attached hydrogens (primary N) is 1. The summed E-state index contributed by atoms with van der Waals surface area (Å²) in [6, 6.07) is 8.94. The van der Waals surface area contributed by atoms with Crippen molar-refractivity contribution in [3.63, 3.8) is 0 Å². The highest BCUT2D eigenvalue weighted by atomic mass is 15.0. The molecule has 1 aromatic carbocycles. The Morgan fingerprint density at radius 1 is 1.42 bits per heavy atom. The van der Waals surface area contributed by atoms with Crippen LogP contribution in [0.4, 0.5) is 0 Å². The van der Waals surface area contributed by atoms with Gasteiger partial charge in [-0.15, -0.1) is 0 Å². The standard InChI is InChI=1S/C15H22N4/c1-10(17-12-8-4-5-11(12)9-16)15-18-13-6-2-3-7-14(13)19-15/h2-3,6-7,10-12,17H,4-5,8-9,16H2,1H3,(H,18,19). The predicted octanol–water partition coefficient (Wildman–Crippen LogP) is 2.34. The van der Waals surface area contributed by atoms with Crippen molar-refractivity contribution in [3.05, 3.63) is 30.1 Å². The smallest absolute Gasteiger partial charge is 0.124 e. The van der Waals surface area contributed by atoms with Gasteiger partial charge in [-0.2, -0.15) is 0 Å². The predicted molar refractivity (Wildman–Crippen MR) is 77.8 cm³/mol. The highest BCUT2D eigenvalue weighted by Crippen LogP contribution is 2.27. The van der Waals surface area contributed by atoms with E-state index in [-0.39, 0.29) is 6.04 Å². The monoisotopic (exact) mass is 258 g/mol. The summed E-state index contributed by atoms with van der Waals surface area (Å²) in [6.45, 7) is 2.95. The van der Waals surface area contributed by atoms with Crippen LogP contribution in [0.2, 0.25) is 0 Å². The molecule has 4 nitrogen and oxygen atoms in total. The van der Waals surface area contributed by atoms with Crippen molar-refractivity contribution < 1.29 is 0 Å². The molecule has 4 heteroatoms. The number of rotatable bonds is 4. The number of hydrogen-bond donors (Lipinski definition) is 3. The minimum absolute atomic E-state index is 0.240. The van der Waals surface area contributed by atoms with E-state index in [2.05, 4.69) is 28.3 Å². The molecule has 3 unspecified atom stereocenters. The first kappa shape index (κ1) is 12.6. The second kappa shape index (κ2) is 5.31. The first-order valence-corrected chi connectivity index (χ1v) is 7.18. The van der Waals surface area contributed by atoms with Gasteiger partial charge in [-0.05, 0) is 44.4 Å². The number of aromatic nitrogens is 2. The molecule has 1 aliphatic rings. The molecular weight excluding hydrogens is 236 g/mol. The zero-order valence-corrected chi connectivity index (χ0v) is 11.4. The summed E-state index contributed by atoms with van der Waals surface area (Å²) in [5, 5.41) is 3.68. The van der Waals surface area contributed by atoms with Gasteiger partial charge in [0.15, 0.2) is 0 Å². The van der Waals surface area contributed by atoms with Gasteiger partial charge in [0.25, 0.3) is 0 Å². The third-order valence-electron chi connectivity index (χ3n) is 4.24. The zero-order chi connectivity index (χ0) is 13.2. The van der Waals surface area contributed by atoms with Crippen molar-refractivity contribution in [2.45, 2.75) is 38.3 Å². The molecule has 1 fully saturated rings. The Kier molecular flexibility index (Phi) is 3.53. The maximum absolute atomic E-state index is 5.84. The number of H-pyrrole nitrogens is 1. The third-order valence-corrected chi connectivity index (χ3v) is 4.24. The van der Waals surface area contributed by atoms with Crippen LogP contribution in [-0.4, -0.2) is 22.6 Å². The number of fused-ring (bicyclic) bond motifs is 1. The summed E-state index contributed by atoms with van der Waals surface area (Å²) in [4.78, 5) is 8.05. The van der Waals surface area contributed by atoms with Gasteiger partial charge >= 0.3 is 0 Å². The molecule has 1 aromatic heterocycles. The van der Waals surface area contributed by atoms with Crippen LogP contribution in [0.5, 0.6) is 0 Å². The van der Waals surface area contributed by atoms with Crippen molar-refractivity contribution >= 4 is 11.0 Å². The van der Waals surface area contributed by atoms with E-state index in [1.165, 1.54) is 19.3 Å². The molecule has 1 heterocycles. The van der Waals surface area contributed by atoms with Gasteiger partial charge in [0.1, 0.15) is 5.82 Å². The van der Waals surface area contributed by atoms with Gasteiger partial charge in [0.2, 0.25) is 0 Å². The lowest BCUT2D eigenvalue weighted by atomic mass is 10.0. The molecule has 3 atom stereocenters. The first-order valence-electron chi connectivity index (χ1n) is 7.18. The number of imidazole rings is 1. The molecular formula is C15H22N4. The van der Waals surface area contributed by atoms with E-state index < -0.39 is 0 Å². The molecule has 0 amide bonds. The van der Waals surface area contributed by atoms with Gasteiger partial charge in [0.05, 0.1) is 17.1 Å². The topological polar surface area (TPSA) is 66.7 Å². The molecule has 0 bridgehead atoms. The summed E-state index contributed by atoms with van der Waals surface area (Å²) in [7, 11) is 0. The van der Waals surface area contributed by atoms with Crippen LogP contribution in [0.3, 0.4) is 0 Å². The van der Waals surface area contributed by atoms with Gasteiger partial charge in [-0.3, -0.25) is 0 Å². The lowest BCUT2D eigenvalue weighted by molar-refractivity contribution is 0.368. The van der Waals surface area contributed by atoms with E-state index in [1.807, 2.05) is 18.2 Å². The van der Waals surface area contributed by atoms with Crippen LogP contribution in [0.25, 0.3) is 11.0 Å².